The Kier molecular flexibility index (Phi) is 4.09. The zero-order valence-electron chi connectivity index (χ0n) is 8.93. The van der Waals surface area contributed by atoms with Crippen LogP contribution in [0.15, 0.2) is 18.3 Å². The van der Waals surface area contributed by atoms with Crippen LogP contribution in [0.25, 0.3) is 0 Å². The van der Waals surface area contributed by atoms with Crippen LogP contribution in [0.3, 0.4) is 0 Å². The average Bonchev–Trinajstić information content (AvgIpc) is 2.18. The Morgan fingerprint density at radius 3 is 2.73 bits per heavy atom. The molecule has 0 fully saturated rings. The summed E-state index contributed by atoms with van der Waals surface area (Å²) in [6, 6.07) is 3.06. The quantitative estimate of drug-likeness (QED) is 0.807. The maximum absolute atomic E-state index is 10.5. The minimum absolute atomic E-state index is 0.0335. The highest BCUT2D eigenvalue weighted by molar-refractivity contribution is 5.85. The maximum Gasteiger partial charge on any atom is 0.354 e. The monoisotopic (exact) mass is 209 g/mol. The standard InChI is InChI=1S/C11H15NO3/c1-8(2)5-6-15-9-3-4-10(11(13)14)12-7-9/h3-4,7-8H,5-6H2,1-2H3,(H,13,14). The van der Waals surface area contributed by atoms with Crippen LogP contribution in [0.4, 0.5) is 0 Å². The molecule has 0 atom stereocenters. The van der Waals surface area contributed by atoms with Gasteiger partial charge >= 0.3 is 5.97 Å². The molecular formula is C11H15NO3. The molecule has 0 aliphatic carbocycles. The number of hydrogen-bond donors (Lipinski definition) is 1. The molecule has 82 valence electrons. The molecule has 0 spiro atoms. The van der Waals surface area contributed by atoms with Crippen LogP contribution in [-0.2, 0) is 0 Å². The number of carbonyl (C=O) groups is 1. The lowest BCUT2D eigenvalue weighted by molar-refractivity contribution is 0.0690. The summed E-state index contributed by atoms with van der Waals surface area (Å²) in [6.07, 6.45) is 2.41. The van der Waals surface area contributed by atoms with Crippen molar-refractivity contribution < 1.29 is 14.6 Å². The Morgan fingerprint density at radius 2 is 2.27 bits per heavy atom. The van der Waals surface area contributed by atoms with Gasteiger partial charge in [0.05, 0.1) is 12.8 Å². The molecule has 1 heterocycles. The fourth-order valence-electron chi connectivity index (χ4n) is 1.00. The fraction of sp³-hybridized carbons (Fsp3) is 0.455. The molecule has 0 saturated heterocycles. The van der Waals surface area contributed by atoms with Crippen LogP contribution < -0.4 is 4.74 Å². The summed E-state index contributed by atoms with van der Waals surface area (Å²) in [5, 5.41) is 8.62. The molecule has 1 rings (SSSR count). The minimum Gasteiger partial charge on any atom is -0.492 e. The lowest BCUT2D eigenvalue weighted by Crippen LogP contribution is -2.03. The highest BCUT2D eigenvalue weighted by Crippen LogP contribution is 2.10. The second-order valence-corrected chi connectivity index (χ2v) is 3.72. The van der Waals surface area contributed by atoms with Crippen LogP contribution in [0.1, 0.15) is 30.8 Å². The van der Waals surface area contributed by atoms with E-state index in [1.807, 2.05) is 0 Å². The largest absolute Gasteiger partial charge is 0.492 e. The van der Waals surface area contributed by atoms with Crippen molar-refractivity contribution in [1.82, 2.24) is 4.98 Å². The van der Waals surface area contributed by atoms with Crippen LogP contribution in [-0.4, -0.2) is 22.7 Å². The number of rotatable bonds is 5. The predicted molar refractivity (Wildman–Crippen MR) is 56.1 cm³/mol. The highest BCUT2D eigenvalue weighted by atomic mass is 16.5. The van der Waals surface area contributed by atoms with Crippen molar-refractivity contribution in [2.75, 3.05) is 6.61 Å². The third kappa shape index (κ3) is 3.97. The van der Waals surface area contributed by atoms with Gasteiger partial charge in [-0.15, -0.1) is 0 Å². The van der Waals surface area contributed by atoms with E-state index < -0.39 is 5.97 Å². The van der Waals surface area contributed by atoms with Gasteiger partial charge in [-0.2, -0.15) is 0 Å². The molecule has 0 radical (unpaired) electrons. The van der Waals surface area contributed by atoms with E-state index in [2.05, 4.69) is 18.8 Å². The molecule has 1 aromatic rings. The maximum atomic E-state index is 10.5. The van der Waals surface area contributed by atoms with Crippen molar-refractivity contribution in [1.29, 1.82) is 0 Å². The Balaban J connectivity index is 2.46. The molecule has 0 unspecified atom stereocenters. The third-order valence-corrected chi connectivity index (χ3v) is 1.92. The van der Waals surface area contributed by atoms with Crippen molar-refractivity contribution in [3.8, 4) is 5.75 Å². The van der Waals surface area contributed by atoms with Crippen molar-refractivity contribution in [3.05, 3.63) is 24.0 Å². The number of aromatic carboxylic acids is 1. The predicted octanol–water partition coefficient (Wildman–Crippen LogP) is 2.20. The Morgan fingerprint density at radius 1 is 1.53 bits per heavy atom. The molecule has 4 nitrogen and oxygen atoms in total. The van der Waals surface area contributed by atoms with Gasteiger partial charge in [-0.05, 0) is 24.5 Å². The molecule has 15 heavy (non-hydrogen) atoms. The molecule has 0 aliphatic rings. The third-order valence-electron chi connectivity index (χ3n) is 1.92. The molecule has 1 aromatic heterocycles. The Bertz CT molecular complexity index is 319. The summed E-state index contributed by atoms with van der Waals surface area (Å²) in [5.74, 6) is 0.181. The molecule has 0 saturated carbocycles. The van der Waals surface area contributed by atoms with E-state index in [1.54, 1.807) is 6.07 Å². The molecule has 0 amide bonds. The minimum atomic E-state index is -1.02. The van der Waals surface area contributed by atoms with Gasteiger partial charge < -0.3 is 9.84 Å². The second kappa shape index (κ2) is 5.34. The molecular weight excluding hydrogens is 194 g/mol. The zero-order chi connectivity index (χ0) is 11.3. The summed E-state index contributed by atoms with van der Waals surface area (Å²) in [4.78, 5) is 14.3. The van der Waals surface area contributed by atoms with Gasteiger partial charge in [-0.25, -0.2) is 9.78 Å². The first kappa shape index (κ1) is 11.5. The van der Waals surface area contributed by atoms with E-state index in [4.69, 9.17) is 9.84 Å². The zero-order valence-corrected chi connectivity index (χ0v) is 8.93. The van der Waals surface area contributed by atoms with Gasteiger partial charge in [-0.1, -0.05) is 13.8 Å². The van der Waals surface area contributed by atoms with Crippen molar-refractivity contribution in [2.24, 2.45) is 5.92 Å². The second-order valence-electron chi connectivity index (χ2n) is 3.72. The number of nitrogens with zero attached hydrogens (tertiary/aromatic N) is 1. The van der Waals surface area contributed by atoms with E-state index >= 15 is 0 Å². The number of carboxylic acids is 1. The first-order valence-electron chi connectivity index (χ1n) is 4.91. The summed E-state index contributed by atoms with van der Waals surface area (Å²) >= 11 is 0. The first-order valence-corrected chi connectivity index (χ1v) is 4.91. The van der Waals surface area contributed by atoms with Crippen LogP contribution in [0.2, 0.25) is 0 Å². The van der Waals surface area contributed by atoms with Gasteiger partial charge in [0.25, 0.3) is 0 Å². The smallest absolute Gasteiger partial charge is 0.354 e. The molecule has 1 N–H and O–H groups in total. The van der Waals surface area contributed by atoms with Gasteiger partial charge in [0.15, 0.2) is 0 Å². The summed E-state index contributed by atoms with van der Waals surface area (Å²) < 4.78 is 5.40. The number of pyridine rings is 1. The Labute approximate surface area is 88.9 Å². The van der Waals surface area contributed by atoms with Crippen LogP contribution in [0, 0.1) is 5.92 Å². The number of carboxylic acid groups (broad SMARTS) is 1. The van der Waals surface area contributed by atoms with Crippen molar-refractivity contribution >= 4 is 5.97 Å². The van der Waals surface area contributed by atoms with E-state index in [1.165, 1.54) is 12.3 Å². The van der Waals surface area contributed by atoms with Crippen molar-refractivity contribution in [3.63, 3.8) is 0 Å². The fourth-order valence-corrected chi connectivity index (χ4v) is 1.00. The van der Waals surface area contributed by atoms with Crippen LogP contribution in [0.5, 0.6) is 5.75 Å². The SMILES string of the molecule is CC(C)CCOc1ccc(C(=O)O)nc1. The van der Waals surface area contributed by atoms with E-state index in [-0.39, 0.29) is 5.69 Å². The van der Waals surface area contributed by atoms with E-state index in [0.29, 0.717) is 18.3 Å². The lowest BCUT2D eigenvalue weighted by Gasteiger charge is -2.07. The van der Waals surface area contributed by atoms with Gasteiger partial charge in [0.2, 0.25) is 0 Å². The lowest BCUT2D eigenvalue weighted by atomic mass is 10.1. The topological polar surface area (TPSA) is 59.4 Å². The molecule has 0 bridgehead atoms. The molecule has 4 heteroatoms. The van der Waals surface area contributed by atoms with E-state index in [0.717, 1.165) is 6.42 Å². The highest BCUT2D eigenvalue weighted by Gasteiger charge is 2.03. The van der Waals surface area contributed by atoms with E-state index in [9.17, 15) is 4.79 Å². The number of aromatic nitrogens is 1. The normalized spacial score (nSPS) is 10.3. The molecule has 0 aromatic carbocycles. The summed E-state index contributed by atoms with van der Waals surface area (Å²) in [5.41, 5.74) is 0.0335. The van der Waals surface area contributed by atoms with Crippen LogP contribution >= 0.6 is 0 Å². The summed E-state index contributed by atoms with van der Waals surface area (Å²) in [6.45, 7) is 4.87. The first-order chi connectivity index (χ1) is 7.09. The Hall–Kier alpha value is -1.58. The van der Waals surface area contributed by atoms with Gasteiger partial charge in [-0.3, -0.25) is 0 Å². The van der Waals surface area contributed by atoms with Gasteiger partial charge in [0.1, 0.15) is 11.4 Å². The number of hydrogen-bond acceptors (Lipinski definition) is 3. The van der Waals surface area contributed by atoms with Crippen molar-refractivity contribution in [2.45, 2.75) is 20.3 Å². The molecule has 0 aliphatic heterocycles. The number of ether oxygens (including phenoxy) is 1. The average molecular weight is 209 g/mol. The summed E-state index contributed by atoms with van der Waals surface area (Å²) in [7, 11) is 0. The van der Waals surface area contributed by atoms with Gasteiger partial charge in [0, 0.05) is 0 Å².